The van der Waals surface area contributed by atoms with Crippen molar-refractivity contribution in [3.63, 3.8) is 0 Å². The van der Waals surface area contributed by atoms with E-state index >= 15 is 0 Å². The molecule has 0 amide bonds. The van der Waals surface area contributed by atoms with Crippen LogP contribution in [0.2, 0.25) is 0 Å². The highest BCUT2D eigenvalue weighted by atomic mass is 16.5. The SMILES string of the molecule is [2H]C([2H])(N(C)C)C([2H])(c1ccc(OC)cc1)C1(O)C([2H])([2H])C([2H])([2H])C([2H])([2H])C([2H])([2H])C1([2H])[2H]. The van der Waals surface area contributed by atoms with Crippen molar-refractivity contribution in [1.82, 2.24) is 4.90 Å². The van der Waals surface area contributed by atoms with E-state index < -0.39 is 55.4 Å². The molecule has 0 spiro atoms. The average molecular weight is 290 g/mol. The summed E-state index contributed by atoms with van der Waals surface area (Å²) in [4.78, 5) is 0.753. The molecule has 3 heteroatoms. The maximum Gasteiger partial charge on any atom is 0.118 e. The third kappa shape index (κ3) is 3.53. The highest BCUT2D eigenvalue weighted by molar-refractivity contribution is 5.31. The van der Waals surface area contributed by atoms with Crippen molar-refractivity contribution in [3.05, 3.63) is 29.8 Å². The van der Waals surface area contributed by atoms with Crippen LogP contribution in [0.4, 0.5) is 0 Å². The first-order valence-electron chi connectivity index (χ1n) is 12.5. The maximum absolute atomic E-state index is 11.8. The Hall–Kier alpha value is -1.06. The zero-order valence-corrected chi connectivity index (χ0v) is 11.6. The summed E-state index contributed by atoms with van der Waals surface area (Å²) in [5.74, 6) is -3.20. The second kappa shape index (κ2) is 6.59. The lowest BCUT2D eigenvalue weighted by atomic mass is 9.72. The van der Waals surface area contributed by atoms with Crippen LogP contribution >= 0.6 is 0 Å². The molecule has 1 aliphatic rings. The number of rotatable bonds is 5. The van der Waals surface area contributed by atoms with E-state index in [-0.39, 0.29) is 5.75 Å². The van der Waals surface area contributed by atoms with Crippen molar-refractivity contribution in [1.29, 1.82) is 0 Å². The number of methoxy groups -OCH3 is 1. The highest BCUT2D eigenvalue weighted by Crippen LogP contribution is 2.40. The molecule has 1 unspecified atom stereocenters. The molecule has 1 aromatic carbocycles. The fourth-order valence-corrected chi connectivity index (χ4v) is 1.77. The maximum atomic E-state index is 11.8. The van der Waals surface area contributed by atoms with E-state index in [0.29, 0.717) is 0 Å². The topological polar surface area (TPSA) is 32.7 Å². The number of hydrogen-bond acceptors (Lipinski definition) is 3. The quantitative estimate of drug-likeness (QED) is 0.905. The minimum Gasteiger partial charge on any atom is -0.497 e. The molecule has 0 saturated heterocycles. The van der Waals surface area contributed by atoms with Gasteiger partial charge in [0.1, 0.15) is 5.75 Å². The third-order valence-corrected chi connectivity index (χ3v) is 2.69. The molecule has 0 heterocycles. The first-order valence-corrected chi connectivity index (χ1v) is 6.03. The Kier molecular flexibility index (Phi) is 1.85. The molecule has 0 aliphatic heterocycles. The number of likely N-dealkylation sites (N-methyl/N-ethyl adjacent to an activating group) is 1. The predicted molar refractivity (Wildman–Crippen MR) is 82.3 cm³/mol. The van der Waals surface area contributed by atoms with Gasteiger partial charge in [0.2, 0.25) is 0 Å². The zero-order valence-electron chi connectivity index (χ0n) is 24.6. The molecule has 1 aromatic rings. The summed E-state index contributed by atoms with van der Waals surface area (Å²) >= 11 is 0. The van der Waals surface area contributed by atoms with Crippen LogP contribution < -0.4 is 4.74 Å². The van der Waals surface area contributed by atoms with E-state index in [9.17, 15) is 5.11 Å². The van der Waals surface area contributed by atoms with Crippen LogP contribution in [0.25, 0.3) is 0 Å². The summed E-state index contributed by atoms with van der Waals surface area (Å²) in [6, 6.07) is 4.60. The summed E-state index contributed by atoms with van der Waals surface area (Å²) in [5.41, 5.74) is -4.61. The van der Waals surface area contributed by atoms with E-state index in [2.05, 4.69) is 0 Å². The van der Waals surface area contributed by atoms with Gasteiger partial charge in [0.25, 0.3) is 0 Å². The van der Waals surface area contributed by atoms with Gasteiger partial charge in [-0.15, -0.1) is 0 Å². The normalized spacial score (nSPS) is 44.4. The number of ether oxygens (including phenoxy) is 1. The summed E-state index contributed by atoms with van der Waals surface area (Å²) < 4.78 is 114. The van der Waals surface area contributed by atoms with E-state index in [1.807, 2.05) is 0 Å². The largest absolute Gasteiger partial charge is 0.497 e. The van der Waals surface area contributed by atoms with Crippen LogP contribution in [-0.2, 0) is 0 Å². The van der Waals surface area contributed by atoms with Gasteiger partial charge in [0, 0.05) is 30.2 Å². The molecule has 20 heavy (non-hydrogen) atoms. The van der Waals surface area contributed by atoms with Crippen LogP contribution in [0.3, 0.4) is 0 Å². The standard InChI is InChI=1S/C17H27NO2/c1-18(2)13-16(17(19)11-5-4-6-12-17)14-7-9-15(20-3)10-8-14/h7-10,16,19H,4-6,11-13H2,1-3H3/i4D2,5D2,6D2,11D2,12D2,13D2,16D. The fraction of sp³-hybridized carbons (Fsp3) is 0.647. The van der Waals surface area contributed by atoms with E-state index in [0.717, 1.165) is 31.1 Å². The second-order valence-electron chi connectivity index (χ2n) is 4.45. The Bertz CT molecular complexity index is 871. The van der Waals surface area contributed by atoms with Crippen molar-refractivity contribution >= 4 is 0 Å². The first-order chi connectivity index (χ1) is 14.5. The smallest absolute Gasteiger partial charge is 0.118 e. The van der Waals surface area contributed by atoms with Crippen molar-refractivity contribution in [2.45, 2.75) is 43.4 Å². The van der Waals surface area contributed by atoms with Crippen LogP contribution in [0.5, 0.6) is 5.75 Å². The molecular formula is C17H27NO2. The summed E-state index contributed by atoms with van der Waals surface area (Å²) in [5, 5.41) is 11.8. The lowest BCUT2D eigenvalue weighted by Crippen LogP contribution is -2.42. The number of hydrogen-bond donors (Lipinski definition) is 1. The lowest BCUT2D eigenvalue weighted by molar-refractivity contribution is -0.0277. The van der Waals surface area contributed by atoms with Crippen LogP contribution in [0, 0.1) is 0 Å². The summed E-state index contributed by atoms with van der Waals surface area (Å²) in [7, 11) is 3.58. The fourth-order valence-electron chi connectivity index (χ4n) is 1.77. The zero-order chi connectivity index (χ0) is 26.3. The molecule has 1 fully saturated rings. The van der Waals surface area contributed by atoms with Crippen LogP contribution in [-0.4, -0.2) is 43.3 Å². The number of aliphatic hydroxyl groups is 1. The van der Waals surface area contributed by atoms with E-state index in [1.54, 1.807) is 0 Å². The minimum absolute atomic E-state index is 0.232. The van der Waals surface area contributed by atoms with Gasteiger partial charge in [-0.25, -0.2) is 0 Å². The number of nitrogens with zero attached hydrogens (tertiary/aromatic N) is 1. The van der Waals surface area contributed by atoms with Crippen molar-refractivity contribution in [2.24, 2.45) is 0 Å². The van der Waals surface area contributed by atoms with Gasteiger partial charge in [-0.3, -0.25) is 0 Å². The molecule has 1 saturated carbocycles. The van der Waals surface area contributed by atoms with Crippen molar-refractivity contribution < 1.29 is 27.7 Å². The van der Waals surface area contributed by atoms with Crippen LogP contribution in [0.15, 0.2) is 24.3 Å². The monoisotopic (exact) mass is 290 g/mol. The Morgan fingerprint density at radius 2 is 1.95 bits per heavy atom. The molecule has 112 valence electrons. The van der Waals surface area contributed by atoms with Crippen molar-refractivity contribution in [2.75, 3.05) is 27.7 Å². The van der Waals surface area contributed by atoms with Gasteiger partial charge < -0.3 is 14.7 Å². The first kappa shape index (κ1) is 5.62. The average Bonchev–Trinajstić information content (AvgIpc) is 2.70. The Labute approximate surface area is 140 Å². The van der Waals surface area contributed by atoms with Gasteiger partial charge >= 0.3 is 0 Å². The van der Waals surface area contributed by atoms with E-state index in [1.165, 1.54) is 19.2 Å². The molecule has 0 aromatic heterocycles. The molecule has 0 radical (unpaired) electrons. The Morgan fingerprint density at radius 3 is 2.45 bits per heavy atom. The van der Waals surface area contributed by atoms with Gasteiger partial charge in [0.15, 0.2) is 0 Å². The molecule has 3 nitrogen and oxygen atoms in total. The minimum atomic E-state index is -4.10. The van der Waals surface area contributed by atoms with Gasteiger partial charge in [-0.1, -0.05) is 31.3 Å². The third-order valence-electron chi connectivity index (χ3n) is 2.69. The van der Waals surface area contributed by atoms with Crippen LogP contribution in [0.1, 0.15) is 61.1 Å². The van der Waals surface area contributed by atoms with Gasteiger partial charge in [-0.2, -0.15) is 0 Å². The molecular weight excluding hydrogens is 250 g/mol. The van der Waals surface area contributed by atoms with Gasteiger partial charge in [-0.05, 0) is 44.5 Å². The summed E-state index contributed by atoms with van der Waals surface area (Å²) in [6.07, 6.45) is -19.6. The summed E-state index contributed by atoms with van der Waals surface area (Å²) in [6.45, 7) is -3.13. The Balaban J connectivity index is 3.14. The lowest BCUT2D eigenvalue weighted by Gasteiger charge is -2.40. The second-order valence-corrected chi connectivity index (χ2v) is 4.45. The van der Waals surface area contributed by atoms with Crippen molar-refractivity contribution in [3.8, 4) is 5.75 Å². The van der Waals surface area contributed by atoms with Gasteiger partial charge in [0.05, 0.1) is 12.7 Å². The highest BCUT2D eigenvalue weighted by Gasteiger charge is 2.38. The molecule has 1 N–H and O–H groups in total. The Morgan fingerprint density at radius 1 is 1.35 bits per heavy atom. The molecule has 1 atom stereocenters. The molecule has 2 rings (SSSR count). The number of benzene rings is 1. The predicted octanol–water partition coefficient (Wildman–Crippen LogP) is 3.04. The molecule has 0 bridgehead atoms. The molecule has 1 aliphatic carbocycles. The van der Waals surface area contributed by atoms with E-state index in [4.69, 9.17) is 22.6 Å².